The smallest absolute Gasteiger partial charge is 0.269 e. The SMILES string of the molecule is CN(C)[C@H]1CCc2ccccc2[C@H](Oc2ccc([N+](=O)[O-])cc2)C1. The van der Waals surface area contributed by atoms with Gasteiger partial charge in [-0.25, -0.2) is 0 Å². The highest BCUT2D eigenvalue weighted by Gasteiger charge is 2.27. The van der Waals surface area contributed by atoms with Crippen LogP contribution < -0.4 is 4.74 Å². The molecule has 0 bridgehead atoms. The number of nitro groups is 1. The van der Waals surface area contributed by atoms with Gasteiger partial charge in [-0.15, -0.1) is 0 Å². The Kier molecular flexibility index (Phi) is 4.81. The molecule has 0 spiro atoms. The summed E-state index contributed by atoms with van der Waals surface area (Å²) in [5, 5.41) is 10.8. The fourth-order valence-corrected chi connectivity index (χ4v) is 3.28. The van der Waals surface area contributed by atoms with Gasteiger partial charge in [0.05, 0.1) is 4.92 Å². The van der Waals surface area contributed by atoms with E-state index in [1.807, 2.05) is 6.07 Å². The standard InChI is InChI=1S/C19H22N2O3/c1-20(2)16-8-7-14-5-3-4-6-18(14)19(13-16)24-17-11-9-15(10-12-17)21(22)23/h3-6,9-12,16,19H,7-8,13H2,1-2H3/t16-,19+/m0/s1. The van der Waals surface area contributed by atoms with Crippen LogP contribution in [-0.4, -0.2) is 30.0 Å². The number of benzene rings is 2. The fourth-order valence-electron chi connectivity index (χ4n) is 3.28. The van der Waals surface area contributed by atoms with Gasteiger partial charge in [0.2, 0.25) is 0 Å². The molecule has 0 fully saturated rings. The lowest BCUT2D eigenvalue weighted by Crippen LogP contribution is -2.30. The van der Waals surface area contributed by atoms with Gasteiger partial charge in [-0.2, -0.15) is 0 Å². The van der Waals surface area contributed by atoms with Gasteiger partial charge in [0.25, 0.3) is 5.69 Å². The Hall–Kier alpha value is -2.40. The van der Waals surface area contributed by atoms with Crippen molar-refractivity contribution in [3.63, 3.8) is 0 Å². The first kappa shape index (κ1) is 16.5. The number of aryl methyl sites for hydroxylation is 1. The molecule has 2 atom stereocenters. The van der Waals surface area contributed by atoms with Gasteiger partial charge in [-0.05, 0) is 50.2 Å². The number of nitrogens with zero attached hydrogens (tertiary/aromatic N) is 2. The maximum atomic E-state index is 10.8. The van der Waals surface area contributed by atoms with Crippen LogP contribution in [-0.2, 0) is 6.42 Å². The molecule has 0 unspecified atom stereocenters. The number of hydrogen-bond acceptors (Lipinski definition) is 4. The third-order valence-electron chi connectivity index (χ3n) is 4.69. The molecule has 1 aliphatic carbocycles. The summed E-state index contributed by atoms with van der Waals surface area (Å²) in [7, 11) is 4.20. The largest absolute Gasteiger partial charge is 0.486 e. The first-order chi connectivity index (χ1) is 11.5. The molecule has 0 radical (unpaired) electrons. The van der Waals surface area contributed by atoms with Gasteiger partial charge >= 0.3 is 0 Å². The molecule has 5 heteroatoms. The molecule has 0 saturated carbocycles. The Balaban J connectivity index is 1.86. The van der Waals surface area contributed by atoms with E-state index in [1.54, 1.807) is 12.1 Å². The molecule has 5 nitrogen and oxygen atoms in total. The zero-order valence-corrected chi connectivity index (χ0v) is 14.0. The van der Waals surface area contributed by atoms with E-state index < -0.39 is 4.92 Å². The van der Waals surface area contributed by atoms with E-state index in [4.69, 9.17) is 4.74 Å². The molecule has 0 heterocycles. The maximum Gasteiger partial charge on any atom is 0.269 e. The molecule has 0 amide bonds. The monoisotopic (exact) mass is 326 g/mol. The molecule has 0 aliphatic heterocycles. The Labute approximate surface area is 142 Å². The van der Waals surface area contributed by atoms with Gasteiger partial charge in [0.1, 0.15) is 11.9 Å². The average Bonchev–Trinajstić information content (AvgIpc) is 2.76. The Morgan fingerprint density at radius 1 is 1.12 bits per heavy atom. The Morgan fingerprint density at radius 3 is 2.50 bits per heavy atom. The second-order valence-corrected chi connectivity index (χ2v) is 6.45. The van der Waals surface area contributed by atoms with E-state index in [-0.39, 0.29) is 11.8 Å². The van der Waals surface area contributed by atoms with Crippen molar-refractivity contribution in [2.45, 2.75) is 31.4 Å². The van der Waals surface area contributed by atoms with Crippen LogP contribution in [0.25, 0.3) is 0 Å². The summed E-state index contributed by atoms with van der Waals surface area (Å²) in [4.78, 5) is 12.6. The van der Waals surface area contributed by atoms with Crippen LogP contribution in [0.2, 0.25) is 0 Å². The van der Waals surface area contributed by atoms with Crippen LogP contribution in [0.1, 0.15) is 30.1 Å². The summed E-state index contributed by atoms with van der Waals surface area (Å²) >= 11 is 0. The van der Waals surface area contributed by atoms with Crippen molar-refractivity contribution in [1.82, 2.24) is 4.90 Å². The van der Waals surface area contributed by atoms with E-state index in [9.17, 15) is 10.1 Å². The number of non-ortho nitro benzene ring substituents is 1. The van der Waals surface area contributed by atoms with Crippen molar-refractivity contribution in [3.05, 3.63) is 69.8 Å². The second-order valence-electron chi connectivity index (χ2n) is 6.45. The first-order valence-corrected chi connectivity index (χ1v) is 8.20. The summed E-state index contributed by atoms with van der Waals surface area (Å²) < 4.78 is 6.23. The van der Waals surface area contributed by atoms with E-state index in [0.29, 0.717) is 11.8 Å². The third kappa shape index (κ3) is 3.57. The van der Waals surface area contributed by atoms with Gasteiger partial charge in [0.15, 0.2) is 0 Å². The third-order valence-corrected chi connectivity index (χ3v) is 4.69. The molecular formula is C19H22N2O3. The number of nitro benzene ring substituents is 1. The van der Waals surface area contributed by atoms with E-state index in [0.717, 1.165) is 19.3 Å². The van der Waals surface area contributed by atoms with E-state index in [1.165, 1.54) is 23.3 Å². The predicted molar refractivity (Wildman–Crippen MR) is 93.3 cm³/mol. The number of hydrogen-bond donors (Lipinski definition) is 0. The first-order valence-electron chi connectivity index (χ1n) is 8.20. The maximum absolute atomic E-state index is 10.8. The second kappa shape index (κ2) is 7.01. The van der Waals surface area contributed by atoms with Crippen LogP contribution in [0.15, 0.2) is 48.5 Å². The molecule has 3 rings (SSSR count). The molecule has 0 saturated heterocycles. The summed E-state index contributed by atoms with van der Waals surface area (Å²) in [6, 6.07) is 15.2. The summed E-state index contributed by atoms with van der Waals surface area (Å²) in [5.74, 6) is 0.666. The van der Waals surface area contributed by atoms with Crippen molar-refractivity contribution in [3.8, 4) is 5.75 Å². The van der Waals surface area contributed by atoms with Gasteiger partial charge < -0.3 is 9.64 Å². The molecule has 24 heavy (non-hydrogen) atoms. The van der Waals surface area contributed by atoms with Gasteiger partial charge in [0, 0.05) is 24.6 Å². The van der Waals surface area contributed by atoms with Crippen LogP contribution in [0, 0.1) is 10.1 Å². The summed E-state index contributed by atoms with van der Waals surface area (Å²) in [5.41, 5.74) is 2.63. The highest BCUT2D eigenvalue weighted by atomic mass is 16.6. The van der Waals surface area contributed by atoms with Crippen molar-refractivity contribution >= 4 is 5.69 Å². The normalized spacial score (nSPS) is 20.3. The molecule has 126 valence electrons. The zero-order chi connectivity index (χ0) is 17.1. The van der Waals surface area contributed by atoms with Crippen LogP contribution in [0.5, 0.6) is 5.75 Å². The summed E-state index contributed by atoms with van der Waals surface area (Å²) in [6.07, 6.45) is 3.00. The lowest BCUT2D eigenvalue weighted by Gasteiger charge is -2.27. The van der Waals surface area contributed by atoms with Crippen LogP contribution in [0.4, 0.5) is 5.69 Å². The molecule has 1 aliphatic rings. The topological polar surface area (TPSA) is 55.6 Å². The van der Waals surface area contributed by atoms with Crippen molar-refractivity contribution in [2.24, 2.45) is 0 Å². The number of rotatable bonds is 4. The number of ether oxygens (including phenoxy) is 1. The highest BCUT2D eigenvalue weighted by Crippen LogP contribution is 2.34. The van der Waals surface area contributed by atoms with Crippen molar-refractivity contribution < 1.29 is 9.66 Å². The molecule has 2 aromatic carbocycles. The fraction of sp³-hybridized carbons (Fsp3) is 0.368. The van der Waals surface area contributed by atoms with Crippen molar-refractivity contribution in [1.29, 1.82) is 0 Å². The van der Waals surface area contributed by atoms with Crippen molar-refractivity contribution in [2.75, 3.05) is 14.1 Å². The quantitative estimate of drug-likeness (QED) is 0.484. The minimum absolute atomic E-state index is 0.0439. The predicted octanol–water partition coefficient (Wildman–Crippen LogP) is 3.98. The summed E-state index contributed by atoms with van der Waals surface area (Å²) in [6.45, 7) is 0. The highest BCUT2D eigenvalue weighted by molar-refractivity contribution is 5.37. The van der Waals surface area contributed by atoms with Crippen LogP contribution >= 0.6 is 0 Å². The molecular weight excluding hydrogens is 304 g/mol. The zero-order valence-electron chi connectivity index (χ0n) is 14.0. The molecule has 0 aromatic heterocycles. The lowest BCUT2D eigenvalue weighted by atomic mass is 10.0. The van der Waals surface area contributed by atoms with E-state index >= 15 is 0 Å². The van der Waals surface area contributed by atoms with E-state index in [2.05, 4.69) is 37.2 Å². The minimum Gasteiger partial charge on any atom is -0.486 e. The van der Waals surface area contributed by atoms with Crippen LogP contribution in [0.3, 0.4) is 0 Å². The average molecular weight is 326 g/mol. The molecule has 0 N–H and O–H groups in total. The van der Waals surface area contributed by atoms with Gasteiger partial charge in [-0.3, -0.25) is 10.1 Å². The lowest BCUT2D eigenvalue weighted by molar-refractivity contribution is -0.384. The molecule has 2 aromatic rings. The van der Waals surface area contributed by atoms with Gasteiger partial charge in [-0.1, -0.05) is 24.3 Å². The Morgan fingerprint density at radius 2 is 1.83 bits per heavy atom. The minimum atomic E-state index is -0.396. The number of fused-ring (bicyclic) bond motifs is 1. The Bertz CT molecular complexity index is 713.